The van der Waals surface area contributed by atoms with Crippen molar-refractivity contribution in [2.75, 3.05) is 31.1 Å². The standard InChI is InChI=1S/C19H28N2O2/c1-15(22)21-12-9-16-13-17(7-8-18(16)21)19(23)14-20-10-5-3-2-4-6-11-20/h7-8,13,19,23H,2-6,9-12,14H2,1H3/t19-/m0/s1. The Bertz CT molecular complexity index is 550. The number of fused-ring (bicyclic) bond motifs is 1. The largest absolute Gasteiger partial charge is 0.387 e. The van der Waals surface area contributed by atoms with Crippen LogP contribution in [-0.2, 0) is 11.2 Å². The van der Waals surface area contributed by atoms with Gasteiger partial charge in [-0.1, -0.05) is 31.4 Å². The number of hydrogen-bond donors (Lipinski definition) is 1. The Morgan fingerprint density at radius 3 is 2.52 bits per heavy atom. The van der Waals surface area contributed by atoms with Crippen molar-refractivity contribution in [3.8, 4) is 0 Å². The first-order chi connectivity index (χ1) is 11.1. The van der Waals surface area contributed by atoms with Gasteiger partial charge in [0.25, 0.3) is 0 Å². The van der Waals surface area contributed by atoms with E-state index in [0.29, 0.717) is 0 Å². The van der Waals surface area contributed by atoms with Crippen LogP contribution in [0.15, 0.2) is 18.2 Å². The van der Waals surface area contributed by atoms with E-state index < -0.39 is 6.10 Å². The first-order valence-corrected chi connectivity index (χ1v) is 8.96. The van der Waals surface area contributed by atoms with Gasteiger partial charge in [0.1, 0.15) is 0 Å². The van der Waals surface area contributed by atoms with Gasteiger partial charge in [-0.2, -0.15) is 0 Å². The minimum Gasteiger partial charge on any atom is -0.387 e. The third-order valence-electron chi connectivity index (χ3n) is 5.14. The van der Waals surface area contributed by atoms with Crippen LogP contribution in [0.1, 0.15) is 56.3 Å². The first-order valence-electron chi connectivity index (χ1n) is 8.96. The summed E-state index contributed by atoms with van der Waals surface area (Å²) in [4.78, 5) is 15.8. The van der Waals surface area contributed by atoms with Gasteiger partial charge in [0.2, 0.25) is 5.91 Å². The van der Waals surface area contributed by atoms with Crippen LogP contribution >= 0.6 is 0 Å². The van der Waals surface area contributed by atoms with Crippen molar-refractivity contribution in [1.29, 1.82) is 0 Å². The number of likely N-dealkylation sites (tertiary alicyclic amines) is 1. The number of β-amino-alcohol motifs (C(OH)–C–C–N with tert-alkyl or cyclic N) is 1. The average Bonchev–Trinajstić information content (AvgIpc) is 2.92. The number of aliphatic hydroxyl groups excluding tert-OH is 1. The lowest BCUT2D eigenvalue weighted by atomic mass is 10.0. The number of anilines is 1. The molecule has 2 heterocycles. The molecule has 0 spiro atoms. The lowest BCUT2D eigenvalue weighted by Gasteiger charge is -2.27. The molecule has 4 heteroatoms. The van der Waals surface area contributed by atoms with Crippen LogP contribution in [0.2, 0.25) is 0 Å². The molecule has 1 amide bonds. The summed E-state index contributed by atoms with van der Waals surface area (Å²) in [6, 6.07) is 6.07. The minimum atomic E-state index is -0.439. The second-order valence-corrected chi connectivity index (χ2v) is 6.89. The van der Waals surface area contributed by atoms with Crippen LogP contribution in [-0.4, -0.2) is 42.1 Å². The fourth-order valence-corrected chi connectivity index (χ4v) is 3.80. The van der Waals surface area contributed by atoms with E-state index in [4.69, 9.17) is 0 Å². The molecule has 0 radical (unpaired) electrons. The molecule has 0 aliphatic carbocycles. The van der Waals surface area contributed by atoms with Gasteiger partial charge >= 0.3 is 0 Å². The van der Waals surface area contributed by atoms with Gasteiger partial charge in [-0.3, -0.25) is 4.79 Å². The lowest BCUT2D eigenvalue weighted by molar-refractivity contribution is -0.116. The lowest BCUT2D eigenvalue weighted by Crippen LogP contribution is -2.31. The summed E-state index contributed by atoms with van der Waals surface area (Å²) in [5.41, 5.74) is 3.18. The van der Waals surface area contributed by atoms with Crippen molar-refractivity contribution in [1.82, 2.24) is 4.90 Å². The molecule has 23 heavy (non-hydrogen) atoms. The zero-order valence-electron chi connectivity index (χ0n) is 14.1. The number of hydrogen-bond acceptors (Lipinski definition) is 3. The highest BCUT2D eigenvalue weighted by Crippen LogP contribution is 2.31. The fraction of sp³-hybridized carbons (Fsp3) is 0.632. The normalized spacial score (nSPS) is 20.7. The average molecular weight is 316 g/mol. The molecule has 4 nitrogen and oxygen atoms in total. The molecule has 0 bridgehead atoms. The molecule has 2 aliphatic rings. The zero-order chi connectivity index (χ0) is 16.2. The second kappa shape index (κ2) is 7.45. The minimum absolute atomic E-state index is 0.0951. The summed E-state index contributed by atoms with van der Waals surface area (Å²) in [6.45, 7) is 5.28. The number of carbonyl (C=O) groups is 1. The van der Waals surface area contributed by atoms with E-state index in [1.54, 1.807) is 6.92 Å². The van der Waals surface area contributed by atoms with E-state index in [1.165, 1.54) is 37.7 Å². The summed E-state index contributed by atoms with van der Waals surface area (Å²) in [6.07, 6.45) is 6.91. The Balaban J connectivity index is 1.66. The zero-order valence-corrected chi connectivity index (χ0v) is 14.1. The van der Waals surface area contributed by atoms with E-state index >= 15 is 0 Å². The molecular weight excluding hydrogens is 288 g/mol. The van der Waals surface area contributed by atoms with Crippen LogP contribution in [0, 0.1) is 0 Å². The van der Waals surface area contributed by atoms with Crippen LogP contribution in [0.3, 0.4) is 0 Å². The van der Waals surface area contributed by atoms with E-state index in [1.807, 2.05) is 17.0 Å². The molecule has 0 unspecified atom stereocenters. The van der Waals surface area contributed by atoms with Gasteiger partial charge in [0.05, 0.1) is 6.10 Å². The Morgan fingerprint density at radius 1 is 1.13 bits per heavy atom. The molecule has 1 N–H and O–H groups in total. The Kier molecular flexibility index (Phi) is 5.34. The summed E-state index contributed by atoms with van der Waals surface area (Å²) >= 11 is 0. The Morgan fingerprint density at radius 2 is 1.83 bits per heavy atom. The third kappa shape index (κ3) is 3.93. The number of nitrogens with zero attached hydrogens (tertiary/aromatic N) is 2. The quantitative estimate of drug-likeness (QED) is 0.932. The predicted octanol–water partition coefficient (Wildman–Crippen LogP) is 2.90. The number of carbonyl (C=O) groups excluding carboxylic acids is 1. The molecule has 1 aromatic rings. The maximum atomic E-state index is 11.6. The SMILES string of the molecule is CC(=O)N1CCc2cc([C@@H](O)CN3CCCCCCC3)ccc21. The van der Waals surface area contributed by atoms with Crippen molar-refractivity contribution in [3.63, 3.8) is 0 Å². The summed E-state index contributed by atoms with van der Waals surface area (Å²) < 4.78 is 0. The topological polar surface area (TPSA) is 43.8 Å². The van der Waals surface area contributed by atoms with E-state index in [9.17, 15) is 9.90 Å². The van der Waals surface area contributed by atoms with E-state index in [0.717, 1.165) is 43.9 Å². The Hall–Kier alpha value is -1.39. The fourth-order valence-electron chi connectivity index (χ4n) is 3.80. The van der Waals surface area contributed by atoms with Crippen molar-refractivity contribution in [2.45, 2.75) is 51.6 Å². The summed E-state index contributed by atoms with van der Waals surface area (Å²) in [7, 11) is 0. The van der Waals surface area contributed by atoms with Crippen LogP contribution in [0.25, 0.3) is 0 Å². The maximum absolute atomic E-state index is 11.6. The molecule has 1 atom stereocenters. The molecular formula is C19H28N2O2. The number of aliphatic hydroxyl groups is 1. The predicted molar refractivity (Wildman–Crippen MR) is 92.7 cm³/mol. The van der Waals surface area contributed by atoms with Crippen LogP contribution in [0.4, 0.5) is 5.69 Å². The highest BCUT2D eigenvalue weighted by atomic mass is 16.3. The first kappa shape index (κ1) is 16.5. The van der Waals surface area contributed by atoms with Crippen molar-refractivity contribution >= 4 is 11.6 Å². The Labute approximate surface area is 139 Å². The van der Waals surface area contributed by atoms with Gasteiger partial charge in [0, 0.05) is 25.7 Å². The molecule has 3 rings (SSSR count). The van der Waals surface area contributed by atoms with Gasteiger partial charge in [-0.15, -0.1) is 0 Å². The molecule has 1 saturated heterocycles. The number of benzene rings is 1. The summed E-state index contributed by atoms with van der Waals surface area (Å²) in [5.74, 6) is 0.0951. The van der Waals surface area contributed by atoms with Crippen molar-refractivity contribution < 1.29 is 9.90 Å². The third-order valence-corrected chi connectivity index (χ3v) is 5.14. The highest BCUT2D eigenvalue weighted by molar-refractivity contribution is 5.93. The van der Waals surface area contributed by atoms with Gasteiger partial charge in [0.15, 0.2) is 0 Å². The summed E-state index contributed by atoms with van der Waals surface area (Å²) in [5, 5.41) is 10.6. The van der Waals surface area contributed by atoms with Crippen LogP contribution < -0.4 is 4.90 Å². The molecule has 126 valence electrons. The molecule has 1 fully saturated rings. The molecule has 1 aromatic carbocycles. The molecule has 0 aromatic heterocycles. The van der Waals surface area contributed by atoms with Gasteiger partial charge in [-0.25, -0.2) is 0 Å². The monoisotopic (exact) mass is 316 g/mol. The smallest absolute Gasteiger partial charge is 0.223 e. The maximum Gasteiger partial charge on any atom is 0.223 e. The molecule has 2 aliphatic heterocycles. The van der Waals surface area contributed by atoms with Crippen LogP contribution in [0.5, 0.6) is 0 Å². The van der Waals surface area contributed by atoms with Gasteiger partial charge in [-0.05, 0) is 49.5 Å². The van der Waals surface area contributed by atoms with Crippen molar-refractivity contribution in [3.05, 3.63) is 29.3 Å². The van der Waals surface area contributed by atoms with E-state index in [-0.39, 0.29) is 5.91 Å². The number of rotatable bonds is 3. The van der Waals surface area contributed by atoms with E-state index in [2.05, 4.69) is 11.0 Å². The van der Waals surface area contributed by atoms with Gasteiger partial charge < -0.3 is 14.9 Å². The molecule has 0 saturated carbocycles. The highest BCUT2D eigenvalue weighted by Gasteiger charge is 2.23. The van der Waals surface area contributed by atoms with Crippen molar-refractivity contribution in [2.24, 2.45) is 0 Å². The second-order valence-electron chi connectivity index (χ2n) is 6.89. The number of amides is 1.